The standard InChI is InChI=1S/C22H29N3O3/c23-21-8-7-20(28-21)22(26)25-13-9-17-15-19(6-5-18(17)16-25)27-14-4-12-24-10-2-1-3-11-24/h5-8,15H,1-4,9-14,16,23H2. The molecule has 2 aromatic rings. The molecule has 1 saturated heterocycles. The van der Waals surface area contributed by atoms with Crippen molar-refractivity contribution >= 4 is 11.8 Å². The highest BCUT2D eigenvalue weighted by Gasteiger charge is 2.24. The Morgan fingerprint density at radius 3 is 2.71 bits per heavy atom. The summed E-state index contributed by atoms with van der Waals surface area (Å²) in [5.74, 6) is 1.38. The third-order valence-electron chi connectivity index (χ3n) is 5.65. The van der Waals surface area contributed by atoms with Crippen molar-refractivity contribution in [3.8, 4) is 5.75 Å². The quantitative estimate of drug-likeness (QED) is 0.775. The number of nitrogens with two attached hydrogens (primary N) is 1. The summed E-state index contributed by atoms with van der Waals surface area (Å²) < 4.78 is 11.2. The van der Waals surface area contributed by atoms with Crippen molar-refractivity contribution in [2.45, 2.75) is 38.6 Å². The molecule has 0 spiro atoms. The van der Waals surface area contributed by atoms with Crippen LogP contribution in [-0.2, 0) is 13.0 Å². The molecule has 6 heteroatoms. The van der Waals surface area contributed by atoms with Crippen LogP contribution in [0, 0.1) is 0 Å². The molecule has 1 fully saturated rings. The van der Waals surface area contributed by atoms with Crippen LogP contribution < -0.4 is 10.5 Å². The zero-order valence-corrected chi connectivity index (χ0v) is 16.4. The number of carbonyl (C=O) groups excluding carboxylic acids is 1. The Morgan fingerprint density at radius 2 is 1.93 bits per heavy atom. The smallest absolute Gasteiger partial charge is 0.289 e. The van der Waals surface area contributed by atoms with E-state index in [1.165, 1.54) is 43.5 Å². The number of hydrogen-bond donors (Lipinski definition) is 1. The molecule has 6 nitrogen and oxygen atoms in total. The van der Waals surface area contributed by atoms with E-state index in [4.69, 9.17) is 14.9 Å². The molecule has 1 aromatic heterocycles. The molecule has 150 valence electrons. The summed E-state index contributed by atoms with van der Waals surface area (Å²) in [7, 11) is 0. The van der Waals surface area contributed by atoms with Crippen LogP contribution >= 0.6 is 0 Å². The third-order valence-corrected chi connectivity index (χ3v) is 5.65. The highest BCUT2D eigenvalue weighted by molar-refractivity contribution is 5.92. The number of carbonyl (C=O) groups is 1. The maximum Gasteiger partial charge on any atom is 0.289 e. The van der Waals surface area contributed by atoms with Crippen LogP contribution in [0.4, 0.5) is 5.88 Å². The van der Waals surface area contributed by atoms with E-state index < -0.39 is 0 Å². The first-order valence-electron chi connectivity index (χ1n) is 10.3. The Kier molecular flexibility index (Phi) is 5.86. The zero-order valence-electron chi connectivity index (χ0n) is 16.4. The molecule has 0 atom stereocenters. The molecule has 0 aliphatic carbocycles. The van der Waals surface area contributed by atoms with Gasteiger partial charge in [-0.1, -0.05) is 12.5 Å². The number of anilines is 1. The van der Waals surface area contributed by atoms with Crippen molar-refractivity contribution in [2.24, 2.45) is 0 Å². The van der Waals surface area contributed by atoms with Gasteiger partial charge in [-0.2, -0.15) is 0 Å². The van der Waals surface area contributed by atoms with Crippen LogP contribution in [0.1, 0.15) is 47.4 Å². The fourth-order valence-electron chi connectivity index (χ4n) is 4.08. The number of rotatable bonds is 6. The molecule has 0 unspecified atom stereocenters. The molecular weight excluding hydrogens is 354 g/mol. The average Bonchev–Trinajstić information content (AvgIpc) is 3.17. The van der Waals surface area contributed by atoms with Gasteiger partial charge in [0.1, 0.15) is 5.75 Å². The van der Waals surface area contributed by atoms with Gasteiger partial charge < -0.3 is 24.7 Å². The lowest BCUT2D eigenvalue weighted by Crippen LogP contribution is -2.35. The van der Waals surface area contributed by atoms with Crippen LogP contribution in [0.25, 0.3) is 0 Å². The van der Waals surface area contributed by atoms with Crippen molar-refractivity contribution in [3.05, 3.63) is 47.2 Å². The van der Waals surface area contributed by atoms with Crippen LogP contribution in [0.15, 0.2) is 34.7 Å². The van der Waals surface area contributed by atoms with Gasteiger partial charge in [-0.15, -0.1) is 0 Å². The van der Waals surface area contributed by atoms with E-state index in [2.05, 4.69) is 17.0 Å². The predicted octanol–water partition coefficient (Wildman–Crippen LogP) is 3.32. The highest BCUT2D eigenvalue weighted by atomic mass is 16.5. The average molecular weight is 383 g/mol. The first-order valence-corrected chi connectivity index (χ1v) is 10.3. The van der Waals surface area contributed by atoms with E-state index in [1.807, 2.05) is 6.07 Å². The molecule has 2 aliphatic rings. The first kappa shape index (κ1) is 18.9. The second-order valence-corrected chi connectivity index (χ2v) is 7.71. The number of amides is 1. The van der Waals surface area contributed by atoms with Gasteiger partial charge in [0.05, 0.1) is 6.61 Å². The van der Waals surface area contributed by atoms with Gasteiger partial charge in [0.15, 0.2) is 11.6 Å². The Labute approximate surface area is 166 Å². The molecular formula is C22H29N3O3. The summed E-state index contributed by atoms with van der Waals surface area (Å²) in [6.07, 6.45) is 5.92. The molecule has 28 heavy (non-hydrogen) atoms. The van der Waals surface area contributed by atoms with Crippen molar-refractivity contribution < 1.29 is 13.9 Å². The highest BCUT2D eigenvalue weighted by Crippen LogP contribution is 2.25. The molecule has 0 radical (unpaired) electrons. The van der Waals surface area contributed by atoms with Crippen molar-refractivity contribution in [2.75, 3.05) is 38.5 Å². The number of fused-ring (bicyclic) bond motifs is 1. The van der Waals surface area contributed by atoms with Crippen molar-refractivity contribution in [3.63, 3.8) is 0 Å². The van der Waals surface area contributed by atoms with Gasteiger partial charge in [-0.25, -0.2) is 0 Å². The van der Waals surface area contributed by atoms with E-state index in [9.17, 15) is 4.79 Å². The summed E-state index contributed by atoms with van der Waals surface area (Å²) in [6, 6.07) is 9.46. The van der Waals surface area contributed by atoms with Gasteiger partial charge in [0, 0.05) is 25.7 Å². The van der Waals surface area contributed by atoms with E-state index in [1.54, 1.807) is 17.0 Å². The molecule has 0 bridgehead atoms. The number of hydrogen-bond acceptors (Lipinski definition) is 5. The van der Waals surface area contributed by atoms with Crippen molar-refractivity contribution in [1.82, 2.24) is 9.80 Å². The van der Waals surface area contributed by atoms with Crippen LogP contribution in [0.5, 0.6) is 5.75 Å². The maximum absolute atomic E-state index is 12.5. The van der Waals surface area contributed by atoms with Gasteiger partial charge in [0.25, 0.3) is 5.91 Å². The second-order valence-electron chi connectivity index (χ2n) is 7.71. The van der Waals surface area contributed by atoms with Gasteiger partial charge in [-0.05, 0) is 68.1 Å². The number of piperidine rings is 1. The summed E-state index contributed by atoms with van der Waals surface area (Å²) in [5, 5.41) is 0. The third kappa shape index (κ3) is 4.50. The Balaban J connectivity index is 1.28. The largest absolute Gasteiger partial charge is 0.494 e. The molecule has 1 amide bonds. The number of furan rings is 1. The topological polar surface area (TPSA) is 71.9 Å². The maximum atomic E-state index is 12.5. The SMILES string of the molecule is Nc1ccc(C(=O)N2CCc3cc(OCCCN4CCCCC4)ccc3C2)o1. The first-order chi connectivity index (χ1) is 13.7. The number of nitrogen functional groups attached to an aromatic ring is 1. The number of likely N-dealkylation sites (tertiary alicyclic amines) is 1. The monoisotopic (exact) mass is 383 g/mol. The fourth-order valence-corrected chi connectivity index (χ4v) is 4.08. The Morgan fingerprint density at radius 1 is 1.07 bits per heavy atom. The lowest BCUT2D eigenvalue weighted by Gasteiger charge is -2.28. The molecule has 4 rings (SSSR count). The van der Waals surface area contributed by atoms with E-state index in [-0.39, 0.29) is 11.8 Å². The Hall–Kier alpha value is -2.47. The summed E-state index contributed by atoms with van der Waals surface area (Å²) in [5.41, 5.74) is 8.00. The zero-order chi connectivity index (χ0) is 19.3. The Bertz CT molecular complexity index is 811. The van der Waals surface area contributed by atoms with E-state index >= 15 is 0 Å². The lowest BCUT2D eigenvalue weighted by atomic mass is 9.99. The van der Waals surface area contributed by atoms with Gasteiger partial charge in [-0.3, -0.25) is 4.79 Å². The molecule has 2 aliphatic heterocycles. The fraction of sp³-hybridized carbons (Fsp3) is 0.500. The van der Waals surface area contributed by atoms with E-state index in [0.717, 1.165) is 31.7 Å². The lowest BCUT2D eigenvalue weighted by molar-refractivity contribution is 0.0703. The number of ether oxygens (including phenoxy) is 1. The van der Waals surface area contributed by atoms with Crippen LogP contribution in [0.3, 0.4) is 0 Å². The molecule has 0 saturated carbocycles. The number of benzene rings is 1. The van der Waals surface area contributed by atoms with Crippen molar-refractivity contribution in [1.29, 1.82) is 0 Å². The minimum Gasteiger partial charge on any atom is -0.494 e. The van der Waals surface area contributed by atoms with Crippen LogP contribution in [-0.4, -0.2) is 48.5 Å². The second kappa shape index (κ2) is 8.69. The predicted molar refractivity (Wildman–Crippen MR) is 108 cm³/mol. The molecule has 1 aromatic carbocycles. The molecule has 2 N–H and O–H groups in total. The van der Waals surface area contributed by atoms with Gasteiger partial charge in [0.2, 0.25) is 0 Å². The normalized spacial score (nSPS) is 17.4. The number of nitrogens with zero attached hydrogens (tertiary/aromatic N) is 2. The van der Waals surface area contributed by atoms with E-state index in [0.29, 0.717) is 18.8 Å². The van der Waals surface area contributed by atoms with Gasteiger partial charge >= 0.3 is 0 Å². The van der Waals surface area contributed by atoms with Crippen LogP contribution in [0.2, 0.25) is 0 Å². The minimum absolute atomic E-state index is 0.111. The summed E-state index contributed by atoms with van der Waals surface area (Å²) in [4.78, 5) is 16.9. The molecule has 3 heterocycles. The summed E-state index contributed by atoms with van der Waals surface area (Å²) in [6.45, 7) is 5.60. The minimum atomic E-state index is -0.111. The summed E-state index contributed by atoms with van der Waals surface area (Å²) >= 11 is 0.